The van der Waals surface area contributed by atoms with E-state index in [1.54, 1.807) is 12.3 Å². The highest BCUT2D eigenvalue weighted by Crippen LogP contribution is 2.35. The van der Waals surface area contributed by atoms with Gasteiger partial charge < -0.3 is 14.2 Å². The lowest BCUT2D eigenvalue weighted by molar-refractivity contribution is -0.120. The Morgan fingerprint density at radius 3 is 2.46 bits per heavy atom. The van der Waals surface area contributed by atoms with Crippen LogP contribution in [0.5, 0.6) is 0 Å². The van der Waals surface area contributed by atoms with Gasteiger partial charge >= 0.3 is 5.63 Å². The summed E-state index contributed by atoms with van der Waals surface area (Å²) in [5, 5.41) is 4.64. The van der Waals surface area contributed by atoms with E-state index >= 15 is 0 Å². The normalized spacial score (nSPS) is 12.3. The maximum atomic E-state index is 12.4. The first-order valence-corrected chi connectivity index (χ1v) is 8.85. The zero-order chi connectivity index (χ0) is 19.2. The molecule has 0 aliphatic rings. The van der Waals surface area contributed by atoms with Gasteiger partial charge in [0.25, 0.3) is 0 Å². The summed E-state index contributed by atoms with van der Waals surface area (Å²) in [5.74, 6) is -0.186. The molecule has 1 aromatic carbocycles. The zero-order valence-electron chi connectivity index (χ0n) is 16.1. The van der Waals surface area contributed by atoms with Crippen LogP contribution in [0.4, 0.5) is 0 Å². The molecule has 0 aliphatic carbocycles. The van der Waals surface area contributed by atoms with E-state index in [2.05, 4.69) is 26.1 Å². The minimum Gasteiger partial charge on any atom is -0.464 e. The van der Waals surface area contributed by atoms with Gasteiger partial charge in [0.2, 0.25) is 5.91 Å². The lowest BCUT2D eigenvalue weighted by Gasteiger charge is -2.16. The Labute approximate surface area is 152 Å². The predicted molar refractivity (Wildman–Crippen MR) is 103 cm³/mol. The Bertz CT molecular complexity index is 1050. The fraction of sp³-hybridized carbons (Fsp3) is 0.429. The average molecular weight is 355 g/mol. The number of hydrogen-bond acceptors (Lipinski definition) is 4. The molecule has 0 saturated heterocycles. The molecule has 0 saturated carbocycles. The van der Waals surface area contributed by atoms with Crippen molar-refractivity contribution in [1.29, 1.82) is 0 Å². The SMILES string of the molecule is Cc1c(CC(=O)NC(C)C)c(=O)oc2cc3occ(C(C)(C)C)c3cc12. The number of carbonyl (C=O) groups excluding carboxylic acids is 1. The maximum absolute atomic E-state index is 12.4. The van der Waals surface area contributed by atoms with Crippen LogP contribution in [0.2, 0.25) is 0 Å². The van der Waals surface area contributed by atoms with Crippen molar-refractivity contribution < 1.29 is 13.6 Å². The smallest absolute Gasteiger partial charge is 0.340 e. The molecule has 5 nitrogen and oxygen atoms in total. The minimum absolute atomic E-state index is 0.0117. The van der Waals surface area contributed by atoms with Gasteiger partial charge in [-0.3, -0.25) is 4.79 Å². The van der Waals surface area contributed by atoms with Crippen molar-refractivity contribution in [1.82, 2.24) is 5.32 Å². The van der Waals surface area contributed by atoms with Crippen molar-refractivity contribution in [3.8, 4) is 0 Å². The number of benzene rings is 1. The van der Waals surface area contributed by atoms with E-state index in [-0.39, 0.29) is 23.8 Å². The number of furan rings is 1. The van der Waals surface area contributed by atoms with E-state index in [0.717, 1.165) is 21.9 Å². The molecule has 2 heterocycles. The third kappa shape index (κ3) is 3.26. The van der Waals surface area contributed by atoms with Crippen molar-refractivity contribution >= 4 is 27.8 Å². The fourth-order valence-corrected chi connectivity index (χ4v) is 3.23. The Hall–Kier alpha value is -2.56. The largest absolute Gasteiger partial charge is 0.464 e. The molecular formula is C21H25NO4. The number of aryl methyl sites for hydroxylation is 1. The third-order valence-corrected chi connectivity index (χ3v) is 4.58. The number of fused-ring (bicyclic) bond motifs is 2. The second-order valence-electron chi connectivity index (χ2n) is 8.14. The van der Waals surface area contributed by atoms with Gasteiger partial charge in [-0.1, -0.05) is 20.8 Å². The van der Waals surface area contributed by atoms with E-state index < -0.39 is 5.63 Å². The van der Waals surface area contributed by atoms with Crippen LogP contribution in [0.25, 0.3) is 21.9 Å². The number of amides is 1. The lowest BCUT2D eigenvalue weighted by Crippen LogP contribution is -2.33. The molecule has 5 heteroatoms. The van der Waals surface area contributed by atoms with Crippen LogP contribution in [0, 0.1) is 6.92 Å². The Morgan fingerprint density at radius 2 is 1.85 bits per heavy atom. The summed E-state index contributed by atoms with van der Waals surface area (Å²) in [6.07, 6.45) is 1.77. The molecule has 138 valence electrons. The van der Waals surface area contributed by atoms with Crippen molar-refractivity contribution in [3.63, 3.8) is 0 Å². The van der Waals surface area contributed by atoms with Crippen LogP contribution in [-0.4, -0.2) is 11.9 Å². The highest BCUT2D eigenvalue weighted by atomic mass is 16.4. The van der Waals surface area contributed by atoms with Gasteiger partial charge in [0, 0.05) is 28.4 Å². The van der Waals surface area contributed by atoms with Crippen LogP contribution in [-0.2, 0) is 16.6 Å². The highest BCUT2D eigenvalue weighted by molar-refractivity contribution is 5.97. The Balaban J connectivity index is 2.19. The fourth-order valence-electron chi connectivity index (χ4n) is 3.23. The number of nitrogens with one attached hydrogen (secondary N) is 1. The molecule has 0 fully saturated rings. The summed E-state index contributed by atoms with van der Waals surface area (Å²) in [5.41, 5.74) is 2.89. The summed E-state index contributed by atoms with van der Waals surface area (Å²) in [4.78, 5) is 24.5. The molecule has 0 atom stereocenters. The van der Waals surface area contributed by atoms with Gasteiger partial charge in [0.05, 0.1) is 18.2 Å². The maximum Gasteiger partial charge on any atom is 0.340 e. The molecule has 0 unspecified atom stereocenters. The van der Waals surface area contributed by atoms with Gasteiger partial charge in [0.15, 0.2) is 0 Å². The first kappa shape index (κ1) is 18.2. The third-order valence-electron chi connectivity index (χ3n) is 4.58. The first-order chi connectivity index (χ1) is 12.1. The minimum atomic E-state index is -0.476. The predicted octanol–water partition coefficient (Wildman–Crippen LogP) is 4.21. The molecule has 0 radical (unpaired) electrons. The molecule has 26 heavy (non-hydrogen) atoms. The molecule has 3 aromatic rings. The van der Waals surface area contributed by atoms with Crippen molar-refractivity contribution in [2.24, 2.45) is 0 Å². The van der Waals surface area contributed by atoms with E-state index in [4.69, 9.17) is 8.83 Å². The van der Waals surface area contributed by atoms with Crippen LogP contribution in [0.3, 0.4) is 0 Å². The lowest BCUT2D eigenvalue weighted by atomic mass is 9.86. The van der Waals surface area contributed by atoms with Crippen molar-refractivity contribution in [3.05, 3.63) is 45.5 Å². The van der Waals surface area contributed by atoms with Crippen molar-refractivity contribution in [2.75, 3.05) is 0 Å². The Kier molecular flexibility index (Phi) is 4.42. The molecular weight excluding hydrogens is 330 g/mol. The Morgan fingerprint density at radius 1 is 1.15 bits per heavy atom. The number of carbonyl (C=O) groups is 1. The average Bonchev–Trinajstić information content (AvgIpc) is 2.92. The standard InChI is InChI=1S/C21H25NO4/c1-11(2)22-19(23)8-14-12(3)13-7-15-16(21(4,5)6)10-25-17(15)9-18(13)26-20(14)24/h7,9-11H,8H2,1-6H3,(H,22,23). The first-order valence-electron chi connectivity index (χ1n) is 8.85. The summed E-state index contributed by atoms with van der Waals surface area (Å²) in [6.45, 7) is 12.0. The molecule has 1 N–H and O–H groups in total. The van der Waals surface area contributed by atoms with Gasteiger partial charge in [-0.05, 0) is 37.8 Å². The van der Waals surface area contributed by atoms with E-state index in [1.165, 1.54) is 0 Å². The van der Waals surface area contributed by atoms with Crippen LogP contribution < -0.4 is 10.9 Å². The van der Waals surface area contributed by atoms with Gasteiger partial charge in [-0.15, -0.1) is 0 Å². The monoisotopic (exact) mass is 355 g/mol. The zero-order valence-corrected chi connectivity index (χ0v) is 16.1. The molecule has 0 spiro atoms. The summed E-state index contributed by atoms with van der Waals surface area (Å²) < 4.78 is 11.2. The van der Waals surface area contributed by atoms with Crippen LogP contribution >= 0.6 is 0 Å². The second-order valence-corrected chi connectivity index (χ2v) is 8.14. The highest BCUT2D eigenvalue weighted by Gasteiger charge is 2.22. The van der Waals surface area contributed by atoms with E-state index in [0.29, 0.717) is 16.7 Å². The summed E-state index contributed by atoms with van der Waals surface area (Å²) >= 11 is 0. The number of rotatable bonds is 3. The van der Waals surface area contributed by atoms with Gasteiger partial charge in [-0.2, -0.15) is 0 Å². The summed E-state index contributed by atoms with van der Waals surface area (Å²) in [6, 6.07) is 3.78. The van der Waals surface area contributed by atoms with Crippen molar-refractivity contribution in [2.45, 2.75) is 59.4 Å². The molecule has 1 amide bonds. The van der Waals surface area contributed by atoms with Gasteiger partial charge in [-0.25, -0.2) is 4.79 Å². The van der Waals surface area contributed by atoms with Gasteiger partial charge in [0.1, 0.15) is 11.2 Å². The van der Waals surface area contributed by atoms with Crippen LogP contribution in [0.15, 0.2) is 32.0 Å². The topological polar surface area (TPSA) is 72.5 Å². The number of hydrogen-bond donors (Lipinski definition) is 1. The van der Waals surface area contributed by atoms with E-state index in [1.807, 2.05) is 26.8 Å². The molecule has 2 aromatic heterocycles. The summed E-state index contributed by atoms with van der Waals surface area (Å²) in [7, 11) is 0. The molecule has 0 aliphatic heterocycles. The molecule has 0 bridgehead atoms. The molecule has 3 rings (SSSR count). The second kappa shape index (κ2) is 6.31. The van der Waals surface area contributed by atoms with E-state index in [9.17, 15) is 9.59 Å². The van der Waals surface area contributed by atoms with Crippen LogP contribution in [0.1, 0.15) is 51.3 Å². The quantitative estimate of drug-likeness (QED) is 0.714.